The van der Waals surface area contributed by atoms with Crippen molar-refractivity contribution in [1.29, 1.82) is 0 Å². The topological polar surface area (TPSA) is 46.5 Å². The average Bonchev–Trinajstić information content (AvgIpc) is 2.86. The van der Waals surface area contributed by atoms with Gasteiger partial charge in [0.15, 0.2) is 0 Å². The lowest BCUT2D eigenvalue weighted by Gasteiger charge is -2.23. The van der Waals surface area contributed by atoms with Crippen molar-refractivity contribution < 1.29 is 14.6 Å². The maximum atomic E-state index is 11.2. The fourth-order valence-electron chi connectivity index (χ4n) is 2.15. The summed E-state index contributed by atoms with van der Waals surface area (Å²) < 4.78 is 5.32. The van der Waals surface area contributed by atoms with Crippen LogP contribution in [0.3, 0.4) is 0 Å². The molecule has 21 heavy (non-hydrogen) atoms. The van der Waals surface area contributed by atoms with Gasteiger partial charge in [-0.15, -0.1) is 0 Å². The third-order valence-corrected chi connectivity index (χ3v) is 3.48. The van der Waals surface area contributed by atoms with Crippen molar-refractivity contribution in [2.24, 2.45) is 0 Å². The van der Waals surface area contributed by atoms with Crippen molar-refractivity contribution in [2.75, 3.05) is 0 Å². The van der Waals surface area contributed by atoms with E-state index in [0.29, 0.717) is 11.3 Å². The number of hydrogen-bond acceptors (Lipinski definition) is 3. The van der Waals surface area contributed by atoms with E-state index >= 15 is 0 Å². The van der Waals surface area contributed by atoms with E-state index < -0.39 is 0 Å². The molecule has 0 aromatic heterocycles. The standard InChI is InChI=1S/C10H16O2.C8H8O/c1-8(2)9(11)12-10(3)6-4-5-7-10;1-2-7-3-5-8(9)6-4-7/h1,4-7H2,2-3H3;2-6,9H,1H2. The molecule has 0 atom stereocenters. The van der Waals surface area contributed by atoms with Crippen molar-refractivity contribution in [3.63, 3.8) is 0 Å². The first kappa shape index (κ1) is 17.0. The number of benzene rings is 1. The van der Waals surface area contributed by atoms with Crippen molar-refractivity contribution in [3.8, 4) is 5.75 Å². The highest BCUT2D eigenvalue weighted by Crippen LogP contribution is 2.32. The van der Waals surface area contributed by atoms with Crippen molar-refractivity contribution in [2.45, 2.75) is 45.1 Å². The first-order valence-corrected chi connectivity index (χ1v) is 7.16. The quantitative estimate of drug-likeness (QED) is 0.659. The molecule has 0 heterocycles. The first-order valence-electron chi connectivity index (χ1n) is 7.16. The number of rotatable bonds is 3. The monoisotopic (exact) mass is 288 g/mol. The van der Waals surface area contributed by atoms with Crippen LogP contribution in [0.2, 0.25) is 0 Å². The Morgan fingerprint density at radius 1 is 1.29 bits per heavy atom. The van der Waals surface area contributed by atoms with Crippen LogP contribution in [0.25, 0.3) is 6.08 Å². The molecule has 1 aromatic rings. The number of aromatic hydroxyl groups is 1. The summed E-state index contributed by atoms with van der Waals surface area (Å²) in [5.74, 6) is 0.0417. The summed E-state index contributed by atoms with van der Waals surface area (Å²) in [7, 11) is 0. The van der Waals surface area contributed by atoms with E-state index in [1.54, 1.807) is 25.1 Å². The molecule has 1 aliphatic rings. The van der Waals surface area contributed by atoms with Gasteiger partial charge in [-0.2, -0.15) is 0 Å². The molecule has 0 radical (unpaired) electrons. The van der Waals surface area contributed by atoms with Gasteiger partial charge in [0.1, 0.15) is 11.4 Å². The van der Waals surface area contributed by atoms with Gasteiger partial charge in [-0.25, -0.2) is 4.79 Å². The summed E-state index contributed by atoms with van der Waals surface area (Å²) in [6, 6.07) is 6.89. The van der Waals surface area contributed by atoms with Gasteiger partial charge in [0.2, 0.25) is 0 Å². The molecule has 0 saturated heterocycles. The summed E-state index contributed by atoms with van der Waals surface area (Å²) in [6.45, 7) is 10.8. The maximum Gasteiger partial charge on any atom is 0.333 e. The fraction of sp³-hybridized carbons (Fsp3) is 0.389. The van der Waals surface area contributed by atoms with E-state index in [1.165, 1.54) is 12.8 Å². The summed E-state index contributed by atoms with van der Waals surface area (Å²) in [5.41, 5.74) is 1.30. The Labute approximate surface area is 127 Å². The lowest BCUT2D eigenvalue weighted by atomic mass is 10.1. The molecule has 0 aliphatic heterocycles. The van der Waals surface area contributed by atoms with Crippen LogP contribution >= 0.6 is 0 Å². The second-order valence-electron chi connectivity index (χ2n) is 5.62. The molecule has 114 valence electrons. The summed E-state index contributed by atoms with van der Waals surface area (Å²) >= 11 is 0. The van der Waals surface area contributed by atoms with E-state index in [-0.39, 0.29) is 11.6 Å². The van der Waals surface area contributed by atoms with E-state index in [9.17, 15) is 4.79 Å². The van der Waals surface area contributed by atoms with Crippen LogP contribution in [-0.2, 0) is 9.53 Å². The minimum absolute atomic E-state index is 0.212. The van der Waals surface area contributed by atoms with Gasteiger partial charge in [-0.05, 0) is 57.2 Å². The van der Waals surface area contributed by atoms with Gasteiger partial charge in [-0.1, -0.05) is 31.4 Å². The fourth-order valence-corrected chi connectivity index (χ4v) is 2.15. The second-order valence-corrected chi connectivity index (χ2v) is 5.62. The molecule has 0 unspecified atom stereocenters. The molecular formula is C18H24O3. The SMILES string of the molecule is C=C(C)C(=O)OC1(C)CCCC1.C=Cc1ccc(O)cc1. The van der Waals surface area contributed by atoms with Crippen LogP contribution in [0.15, 0.2) is 43.0 Å². The van der Waals surface area contributed by atoms with Crippen LogP contribution in [0.1, 0.15) is 45.1 Å². The molecule has 1 aliphatic carbocycles. The number of phenolic OH excluding ortho intramolecular Hbond substituents is 1. The van der Waals surface area contributed by atoms with E-state index in [4.69, 9.17) is 9.84 Å². The molecule has 0 spiro atoms. The van der Waals surface area contributed by atoms with Crippen molar-refractivity contribution >= 4 is 12.0 Å². The smallest absolute Gasteiger partial charge is 0.333 e. The zero-order chi connectivity index (χ0) is 15.9. The summed E-state index contributed by atoms with van der Waals surface area (Å²) in [6.07, 6.45) is 6.05. The number of hydrogen-bond donors (Lipinski definition) is 1. The minimum atomic E-state index is -0.251. The molecule has 3 nitrogen and oxygen atoms in total. The largest absolute Gasteiger partial charge is 0.508 e. The van der Waals surface area contributed by atoms with Gasteiger partial charge < -0.3 is 9.84 Å². The Hall–Kier alpha value is -2.03. The van der Waals surface area contributed by atoms with E-state index in [0.717, 1.165) is 18.4 Å². The summed E-state index contributed by atoms with van der Waals surface area (Å²) in [5, 5.41) is 8.82. The number of carbonyl (C=O) groups is 1. The minimum Gasteiger partial charge on any atom is -0.508 e. The van der Waals surface area contributed by atoms with E-state index in [2.05, 4.69) is 13.2 Å². The maximum absolute atomic E-state index is 11.2. The Morgan fingerprint density at radius 3 is 2.24 bits per heavy atom. The Morgan fingerprint density at radius 2 is 1.81 bits per heavy atom. The molecule has 1 N–H and O–H groups in total. The zero-order valence-electron chi connectivity index (χ0n) is 12.9. The highest BCUT2D eigenvalue weighted by molar-refractivity contribution is 5.87. The molecular weight excluding hydrogens is 264 g/mol. The zero-order valence-corrected chi connectivity index (χ0v) is 12.9. The van der Waals surface area contributed by atoms with Crippen LogP contribution in [0, 0.1) is 0 Å². The van der Waals surface area contributed by atoms with Gasteiger partial charge in [-0.3, -0.25) is 0 Å². The highest BCUT2D eigenvalue weighted by atomic mass is 16.6. The van der Waals surface area contributed by atoms with Crippen LogP contribution in [-0.4, -0.2) is 16.7 Å². The Balaban J connectivity index is 0.000000219. The van der Waals surface area contributed by atoms with Gasteiger partial charge in [0.25, 0.3) is 0 Å². The Kier molecular flexibility index (Phi) is 6.22. The molecule has 1 fully saturated rings. The highest BCUT2D eigenvalue weighted by Gasteiger charge is 2.32. The van der Waals surface area contributed by atoms with Crippen molar-refractivity contribution in [1.82, 2.24) is 0 Å². The number of ether oxygens (including phenoxy) is 1. The third kappa shape index (κ3) is 5.86. The molecule has 1 aromatic carbocycles. The normalized spacial score (nSPS) is 15.5. The molecule has 2 rings (SSSR count). The summed E-state index contributed by atoms with van der Waals surface area (Å²) in [4.78, 5) is 11.2. The van der Waals surface area contributed by atoms with Crippen LogP contribution < -0.4 is 0 Å². The third-order valence-electron chi connectivity index (χ3n) is 3.48. The Bertz CT molecular complexity index is 494. The van der Waals surface area contributed by atoms with Gasteiger partial charge in [0, 0.05) is 5.57 Å². The number of carbonyl (C=O) groups excluding carboxylic acids is 1. The lowest BCUT2D eigenvalue weighted by Crippen LogP contribution is -2.28. The average molecular weight is 288 g/mol. The van der Waals surface area contributed by atoms with E-state index in [1.807, 2.05) is 19.1 Å². The van der Waals surface area contributed by atoms with Crippen LogP contribution in [0.4, 0.5) is 0 Å². The first-order chi connectivity index (χ1) is 9.86. The number of esters is 1. The molecule has 1 saturated carbocycles. The van der Waals surface area contributed by atoms with Gasteiger partial charge >= 0.3 is 5.97 Å². The predicted octanol–water partition coefficient (Wildman–Crippen LogP) is 4.47. The molecule has 0 bridgehead atoms. The van der Waals surface area contributed by atoms with Crippen LogP contribution in [0.5, 0.6) is 5.75 Å². The number of phenols is 1. The lowest BCUT2D eigenvalue weighted by molar-refractivity contribution is -0.152. The molecule has 0 amide bonds. The molecule has 3 heteroatoms. The van der Waals surface area contributed by atoms with Gasteiger partial charge in [0.05, 0.1) is 0 Å². The van der Waals surface area contributed by atoms with Crippen molar-refractivity contribution in [3.05, 3.63) is 48.6 Å². The second kappa shape index (κ2) is 7.67. The predicted molar refractivity (Wildman–Crippen MR) is 86.0 cm³/mol.